The molecule has 0 aliphatic carbocycles. The van der Waals surface area contributed by atoms with Gasteiger partial charge in [0, 0.05) is 11.8 Å². The van der Waals surface area contributed by atoms with Crippen molar-refractivity contribution < 1.29 is 27.4 Å². The lowest BCUT2D eigenvalue weighted by Crippen LogP contribution is -2.17. The minimum absolute atomic E-state index is 0.0168. The first-order valence-electron chi connectivity index (χ1n) is 7.72. The Morgan fingerprint density at radius 3 is 2.37 bits per heavy atom. The van der Waals surface area contributed by atoms with E-state index < -0.39 is 17.7 Å². The molecule has 0 aliphatic heterocycles. The molecule has 2 aromatic carbocycles. The highest BCUT2D eigenvalue weighted by Crippen LogP contribution is 2.36. The molecule has 0 saturated heterocycles. The number of halogens is 3. The Morgan fingerprint density at radius 2 is 1.70 bits per heavy atom. The summed E-state index contributed by atoms with van der Waals surface area (Å²) < 4.78 is 46.8. The zero-order valence-electron chi connectivity index (χ0n) is 13.7. The number of benzene rings is 2. The van der Waals surface area contributed by atoms with Gasteiger partial charge in [0.15, 0.2) is 0 Å². The van der Waals surface area contributed by atoms with Crippen LogP contribution in [0.1, 0.15) is 5.56 Å². The molecule has 0 saturated carbocycles. The van der Waals surface area contributed by atoms with Gasteiger partial charge in [0.25, 0.3) is 0 Å². The molecular formula is C19H13F3O4S. The van der Waals surface area contributed by atoms with Crippen LogP contribution in [0.15, 0.2) is 74.8 Å². The predicted molar refractivity (Wildman–Crippen MR) is 94.8 cm³/mol. The molecule has 1 heterocycles. The zero-order chi connectivity index (χ0) is 19.4. The van der Waals surface area contributed by atoms with Gasteiger partial charge in [-0.25, -0.2) is 4.79 Å². The van der Waals surface area contributed by atoms with Gasteiger partial charge >= 0.3 is 12.0 Å². The van der Waals surface area contributed by atoms with Gasteiger partial charge in [-0.2, -0.15) is 0 Å². The highest BCUT2D eigenvalue weighted by atomic mass is 32.2. The summed E-state index contributed by atoms with van der Waals surface area (Å²) in [6.07, 6.45) is -4.90. The van der Waals surface area contributed by atoms with E-state index in [4.69, 9.17) is 4.42 Å². The fraction of sp³-hybridized carbons (Fsp3) is 0.105. The average molecular weight is 394 g/mol. The number of hydrogen-bond acceptors (Lipinski definition) is 5. The summed E-state index contributed by atoms with van der Waals surface area (Å²) in [5.41, 5.74) is 0.00359. The number of alkyl halides is 3. The normalized spacial score (nSPS) is 11.4. The van der Waals surface area contributed by atoms with Gasteiger partial charge in [0.05, 0.1) is 5.56 Å². The molecule has 0 radical (unpaired) electrons. The van der Waals surface area contributed by atoms with Crippen LogP contribution >= 0.6 is 11.8 Å². The second-order valence-corrected chi connectivity index (χ2v) is 6.42. The molecular weight excluding hydrogens is 381 g/mol. The molecule has 3 rings (SSSR count). The van der Waals surface area contributed by atoms with Crippen molar-refractivity contribution in [1.82, 2.24) is 0 Å². The minimum atomic E-state index is -4.90. The van der Waals surface area contributed by atoms with Crippen LogP contribution in [0.2, 0.25) is 0 Å². The van der Waals surface area contributed by atoms with Gasteiger partial charge in [-0.1, -0.05) is 42.5 Å². The Hall–Kier alpha value is -2.87. The van der Waals surface area contributed by atoms with E-state index in [9.17, 15) is 23.1 Å². The first-order valence-corrected chi connectivity index (χ1v) is 8.71. The summed E-state index contributed by atoms with van der Waals surface area (Å²) in [6, 6.07) is 15.6. The van der Waals surface area contributed by atoms with Gasteiger partial charge in [-0.15, -0.1) is 24.9 Å². The van der Waals surface area contributed by atoms with Crippen molar-refractivity contribution in [1.29, 1.82) is 0 Å². The fourth-order valence-corrected chi connectivity index (χ4v) is 3.22. The Kier molecular flexibility index (Phi) is 5.46. The molecule has 0 bridgehead atoms. The van der Waals surface area contributed by atoms with E-state index in [2.05, 4.69) is 4.74 Å². The molecule has 140 valence electrons. The van der Waals surface area contributed by atoms with E-state index in [-0.39, 0.29) is 22.0 Å². The number of hydrogen-bond donors (Lipinski definition) is 1. The summed E-state index contributed by atoms with van der Waals surface area (Å²) >= 11 is 1.08. The van der Waals surface area contributed by atoms with E-state index in [1.165, 1.54) is 18.2 Å². The smallest absolute Gasteiger partial charge is 0.506 e. The van der Waals surface area contributed by atoms with Crippen molar-refractivity contribution in [2.24, 2.45) is 0 Å². The van der Waals surface area contributed by atoms with E-state index in [0.717, 1.165) is 29.5 Å². The van der Waals surface area contributed by atoms with Crippen molar-refractivity contribution >= 4 is 11.8 Å². The lowest BCUT2D eigenvalue weighted by molar-refractivity contribution is -0.274. The molecule has 1 aromatic heterocycles. The van der Waals surface area contributed by atoms with Gasteiger partial charge < -0.3 is 14.3 Å². The first-order chi connectivity index (χ1) is 12.8. The van der Waals surface area contributed by atoms with Gasteiger partial charge in [-0.3, -0.25) is 0 Å². The monoisotopic (exact) mass is 394 g/mol. The Morgan fingerprint density at radius 1 is 1.04 bits per heavy atom. The van der Waals surface area contributed by atoms with Crippen LogP contribution in [-0.4, -0.2) is 11.5 Å². The highest BCUT2D eigenvalue weighted by molar-refractivity contribution is 7.98. The Bertz CT molecular complexity index is 984. The maximum atomic E-state index is 12.6. The van der Waals surface area contributed by atoms with Gasteiger partial charge in [0.1, 0.15) is 22.2 Å². The molecule has 8 heteroatoms. The molecule has 0 spiro atoms. The largest absolute Gasteiger partial charge is 0.573 e. The Balaban J connectivity index is 1.90. The number of ether oxygens (including phenoxy) is 1. The molecule has 4 nitrogen and oxygen atoms in total. The second kappa shape index (κ2) is 7.79. The fourth-order valence-electron chi connectivity index (χ4n) is 2.35. The molecule has 0 amide bonds. The van der Waals surface area contributed by atoms with E-state index in [1.807, 2.05) is 30.3 Å². The van der Waals surface area contributed by atoms with Crippen LogP contribution in [0.25, 0.3) is 11.3 Å². The van der Waals surface area contributed by atoms with Crippen LogP contribution in [0.3, 0.4) is 0 Å². The molecule has 1 N–H and O–H groups in total. The van der Waals surface area contributed by atoms with E-state index >= 15 is 0 Å². The third-order valence-electron chi connectivity index (χ3n) is 3.49. The maximum Gasteiger partial charge on any atom is 0.573 e. The van der Waals surface area contributed by atoms with Crippen LogP contribution in [0, 0.1) is 0 Å². The average Bonchev–Trinajstić information content (AvgIpc) is 2.61. The Labute approximate surface area is 156 Å². The van der Waals surface area contributed by atoms with Crippen molar-refractivity contribution in [3.63, 3.8) is 0 Å². The predicted octanol–water partition coefficient (Wildman–Crippen LogP) is 5.20. The third kappa shape index (κ3) is 4.85. The number of rotatable bonds is 5. The van der Waals surface area contributed by atoms with Crippen LogP contribution in [0.4, 0.5) is 13.2 Å². The maximum absolute atomic E-state index is 12.6. The second-order valence-electron chi connectivity index (χ2n) is 5.43. The molecule has 0 atom stereocenters. The molecule has 0 fully saturated rings. The number of thioether (sulfide) groups is 1. The van der Waals surface area contributed by atoms with Crippen molar-refractivity contribution in [2.75, 3.05) is 0 Å². The standard InChI is InChI=1S/C19H13F3O4S/c20-19(21,22)26-15-9-5-4-8-13(15)16-10-14(23)17(18(24)25-16)27-11-12-6-2-1-3-7-12/h1-10,23H,11H2. The topological polar surface area (TPSA) is 59.7 Å². The summed E-state index contributed by atoms with van der Waals surface area (Å²) in [6.45, 7) is 0. The molecule has 0 unspecified atom stereocenters. The quantitative estimate of drug-likeness (QED) is 0.603. The molecule has 3 aromatic rings. The van der Waals surface area contributed by atoms with Gasteiger partial charge in [-0.05, 0) is 17.7 Å². The first kappa shape index (κ1) is 18.9. The summed E-state index contributed by atoms with van der Waals surface area (Å²) in [4.78, 5) is 12.2. The van der Waals surface area contributed by atoms with Crippen LogP contribution in [0.5, 0.6) is 11.5 Å². The van der Waals surface area contributed by atoms with Gasteiger partial charge in [0.2, 0.25) is 0 Å². The number of para-hydroxylation sites is 1. The third-order valence-corrected chi connectivity index (χ3v) is 4.63. The molecule has 27 heavy (non-hydrogen) atoms. The lowest BCUT2D eigenvalue weighted by Gasteiger charge is -2.13. The van der Waals surface area contributed by atoms with E-state index in [0.29, 0.717) is 5.75 Å². The minimum Gasteiger partial charge on any atom is -0.506 e. The zero-order valence-corrected chi connectivity index (χ0v) is 14.5. The lowest BCUT2D eigenvalue weighted by atomic mass is 10.1. The highest BCUT2D eigenvalue weighted by Gasteiger charge is 2.32. The number of aromatic hydroxyl groups is 1. The summed E-state index contributed by atoms with van der Waals surface area (Å²) in [7, 11) is 0. The van der Waals surface area contributed by atoms with Crippen molar-refractivity contribution in [3.8, 4) is 22.8 Å². The molecule has 0 aliphatic rings. The SMILES string of the molecule is O=c1oc(-c2ccccc2OC(F)(F)F)cc(O)c1SCc1ccccc1. The van der Waals surface area contributed by atoms with Crippen molar-refractivity contribution in [2.45, 2.75) is 17.0 Å². The van der Waals surface area contributed by atoms with Crippen molar-refractivity contribution in [3.05, 3.63) is 76.6 Å². The van der Waals surface area contributed by atoms with E-state index in [1.54, 1.807) is 0 Å². The van der Waals surface area contributed by atoms with Crippen LogP contribution in [-0.2, 0) is 5.75 Å². The van der Waals surface area contributed by atoms with Crippen LogP contribution < -0.4 is 10.4 Å². The summed E-state index contributed by atoms with van der Waals surface area (Å²) in [5.74, 6) is -0.700. The summed E-state index contributed by atoms with van der Waals surface area (Å²) in [5, 5.41) is 10.2.